The number of carbonyl (C=O) groups is 1. The summed E-state index contributed by atoms with van der Waals surface area (Å²) in [5, 5.41) is 12.2. The Morgan fingerprint density at radius 1 is 1.26 bits per heavy atom. The van der Waals surface area contributed by atoms with Crippen molar-refractivity contribution in [3.05, 3.63) is 63.6 Å². The Balaban J connectivity index is 1.67. The number of amides is 1. The van der Waals surface area contributed by atoms with Gasteiger partial charge in [0.1, 0.15) is 5.75 Å². The number of halogens is 2. The Labute approximate surface area is 171 Å². The Kier molecular flexibility index (Phi) is 6.77. The minimum atomic E-state index is -0.328. The van der Waals surface area contributed by atoms with Crippen molar-refractivity contribution in [2.75, 3.05) is 6.61 Å². The molecule has 140 valence electrons. The van der Waals surface area contributed by atoms with Gasteiger partial charge in [0.05, 0.1) is 18.1 Å². The lowest BCUT2D eigenvalue weighted by Gasteiger charge is -2.07. The molecule has 1 aliphatic rings. The Hall–Kier alpha value is -2.02. The fourth-order valence-corrected chi connectivity index (χ4v) is 3.85. The summed E-state index contributed by atoms with van der Waals surface area (Å²) < 4.78 is 5.54. The van der Waals surface area contributed by atoms with Crippen LogP contribution in [0.2, 0.25) is 10.0 Å². The van der Waals surface area contributed by atoms with Crippen LogP contribution in [0.25, 0.3) is 0 Å². The van der Waals surface area contributed by atoms with Crippen molar-refractivity contribution in [1.82, 2.24) is 5.32 Å². The predicted octanol–water partition coefficient (Wildman–Crippen LogP) is 4.56. The maximum atomic E-state index is 12.2. The standard InChI is InChI=1S/C19H17Cl2N3O2S/c1-2-26-16-6-4-3-5-12(16)11-22-24-19-23-18(25)17(27-19)10-13-9-14(20)7-8-15(13)21/h3-9,11,17H,2,10H2,1H3,(H,23,24,25)/b22-11+. The van der Waals surface area contributed by atoms with Crippen molar-refractivity contribution in [3.63, 3.8) is 0 Å². The number of hydrogen-bond acceptors (Lipinski definition) is 5. The fraction of sp³-hybridized carbons (Fsp3) is 0.211. The van der Waals surface area contributed by atoms with Gasteiger partial charge in [-0.05, 0) is 49.2 Å². The minimum absolute atomic E-state index is 0.125. The minimum Gasteiger partial charge on any atom is -0.493 e. The molecular formula is C19H17Cl2N3O2S. The molecule has 0 aliphatic carbocycles. The number of para-hydroxylation sites is 1. The monoisotopic (exact) mass is 421 g/mol. The third-order valence-corrected chi connectivity index (χ3v) is 5.43. The van der Waals surface area contributed by atoms with Gasteiger partial charge in [-0.15, -0.1) is 5.10 Å². The molecule has 1 fully saturated rings. The topological polar surface area (TPSA) is 63.1 Å². The number of amidine groups is 1. The van der Waals surface area contributed by atoms with Crippen molar-refractivity contribution < 1.29 is 9.53 Å². The fourth-order valence-electron chi connectivity index (χ4n) is 2.50. The third kappa shape index (κ3) is 5.25. The summed E-state index contributed by atoms with van der Waals surface area (Å²) in [6, 6.07) is 12.8. The Morgan fingerprint density at radius 2 is 2.07 bits per heavy atom. The van der Waals surface area contributed by atoms with Crippen LogP contribution >= 0.6 is 35.0 Å². The van der Waals surface area contributed by atoms with Crippen molar-refractivity contribution in [1.29, 1.82) is 0 Å². The van der Waals surface area contributed by atoms with Gasteiger partial charge >= 0.3 is 0 Å². The van der Waals surface area contributed by atoms with E-state index in [0.717, 1.165) is 16.9 Å². The van der Waals surface area contributed by atoms with Crippen LogP contribution in [0.1, 0.15) is 18.1 Å². The first kappa shape index (κ1) is 19.7. The molecule has 2 aromatic rings. The largest absolute Gasteiger partial charge is 0.493 e. The molecule has 0 aromatic heterocycles. The summed E-state index contributed by atoms with van der Waals surface area (Å²) in [5.41, 5.74) is 1.65. The Bertz CT molecular complexity index is 902. The van der Waals surface area contributed by atoms with Gasteiger partial charge in [0.25, 0.3) is 0 Å². The van der Waals surface area contributed by atoms with Crippen LogP contribution in [-0.4, -0.2) is 29.1 Å². The summed E-state index contributed by atoms with van der Waals surface area (Å²) in [4.78, 5) is 12.2. The number of nitrogens with one attached hydrogen (secondary N) is 1. The zero-order valence-electron chi connectivity index (χ0n) is 14.5. The van der Waals surface area contributed by atoms with Gasteiger partial charge in [-0.1, -0.05) is 47.1 Å². The smallest absolute Gasteiger partial charge is 0.239 e. The first-order valence-corrected chi connectivity index (χ1v) is 9.94. The van der Waals surface area contributed by atoms with Gasteiger partial charge in [0, 0.05) is 15.6 Å². The molecule has 8 heteroatoms. The van der Waals surface area contributed by atoms with Crippen LogP contribution in [0.3, 0.4) is 0 Å². The SMILES string of the molecule is CCOc1ccccc1/C=N/N=C1\NC(=O)C(Cc2cc(Cl)ccc2Cl)S1. The number of thioether (sulfide) groups is 1. The van der Waals surface area contributed by atoms with E-state index >= 15 is 0 Å². The summed E-state index contributed by atoms with van der Waals surface area (Å²) in [6.07, 6.45) is 2.07. The molecule has 2 aromatic carbocycles. The maximum absolute atomic E-state index is 12.2. The molecule has 1 amide bonds. The lowest BCUT2D eigenvalue weighted by Crippen LogP contribution is -2.26. The molecule has 1 saturated heterocycles. The van der Waals surface area contributed by atoms with E-state index < -0.39 is 0 Å². The number of rotatable bonds is 6. The average Bonchev–Trinajstić information content (AvgIpc) is 2.99. The van der Waals surface area contributed by atoms with Crippen LogP contribution < -0.4 is 10.1 Å². The highest BCUT2D eigenvalue weighted by Gasteiger charge is 2.31. The Morgan fingerprint density at radius 3 is 2.89 bits per heavy atom. The zero-order chi connectivity index (χ0) is 19.2. The second kappa shape index (κ2) is 9.26. The molecule has 1 aliphatic heterocycles. The molecule has 0 spiro atoms. The van der Waals surface area contributed by atoms with Gasteiger partial charge in [-0.2, -0.15) is 5.10 Å². The number of hydrogen-bond donors (Lipinski definition) is 1. The van der Waals surface area contributed by atoms with Gasteiger partial charge in [-0.25, -0.2) is 0 Å². The summed E-state index contributed by atoms with van der Waals surface area (Å²) in [5.74, 6) is 0.611. The van der Waals surface area contributed by atoms with E-state index in [1.54, 1.807) is 24.4 Å². The van der Waals surface area contributed by atoms with Crippen LogP contribution in [0.15, 0.2) is 52.7 Å². The molecule has 1 heterocycles. The van der Waals surface area contributed by atoms with Gasteiger partial charge in [-0.3, -0.25) is 4.79 Å². The average molecular weight is 422 g/mol. The van der Waals surface area contributed by atoms with E-state index in [9.17, 15) is 4.79 Å². The highest BCUT2D eigenvalue weighted by atomic mass is 35.5. The molecule has 27 heavy (non-hydrogen) atoms. The van der Waals surface area contributed by atoms with Crippen LogP contribution in [0, 0.1) is 0 Å². The van der Waals surface area contributed by atoms with Crippen molar-refractivity contribution >= 4 is 52.3 Å². The first-order valence-electron chi connectivity index (χ1n) is 8.31. The third-order valence-electron chi connectivity index (χ3n) is 3.75. The molecule has 0 bridgehead atoms. The second-order valence-electron chi connectivity index (χ2n) is 5.66. The molecule has 1 atom stereocenters. The number of benzene rings is 2. The van der Waals surface area contributed by atoms with E-state index in [-0.39, 0.29) is 11.2 Å². The van der Waals surface area contributed by atoms with Gasteiger partial charge in [0.2, 0.25) is 5.91 Å². The molecule has 5 nitrogen and oxygen atoms in total. The summed E-state index contributed by atoms with van der Waals surface area (Å²) in [6.45, 7) is 2.49. The van der Waals surface area contributed by atoms with Crippen molar-refractivity contribution in [3.8, 4) is 5.75 Å². The van der Waals surface area contributed by atoms with Crippen LogP contribution in [-0.2, 0) is 11.2 Å². The molecule has 1 N–H and O–H groups in total. The molecular weight excluding hydrogens is 405 g/mol. The predicted molar refractivity (Wildman–Crippen MR) is 112 cm³/mol. The van der Waals surface area contributed by atoms with Gasteiger partial charge in [0.15, 0.2) is 5.17 Å². The molecule has 0 saturated carbocycles. The second-order valence-corrected chi connectivity index (χ2v) is 7.69. The highest BCUT2D eigenvalue weighted by molar-refractivity contribution is 8.15. The van der Waals surface area contributed by atoms with E-state index in [1.807, 2.05) is 31.2 Å². The molecule has 3 rings (SSSR count). The van der Waals surface area contributed by atoms with Crippen molar-refractivity contribution in [2.24, 2.45) is 10.2 Å². The summed E-state index contributed by atoms with van der Waals surface area (Å²) >= 11 is 13.5. The first-order chi connectivity index (χ1) is 13.1. The van der Waals surface area contributed by atoms with E-state index in [2.05, 4.69) is 15.5 Å². The van der Waals surface area contributed by atoms with E-state index in [4.69, 9.17) is 27.9 Å². The number of ether oxygens (including phenoxy) is 1. The van der Waals surface area contributed by atoms with E-state index in [0.29, 0.717) is 28.2 Å². The zero-order valence-corrected chi connectivity index (χ0v) is 16.8. The lowest BCUT2D eigenvalue weighted by molar-refractivity contribution is -0.118. The molecule has 0 radical (unpaired) electrons. The number of carbonyl (C=O) groups excluding carboxylic acids is 1. The van der Waals surface area contributed by atoms with Crippen LogP contribution in [0.4, 0.5) is 0 Å². The number of nitrogens with zero attached hydrogens (tertiary/aromatic N) is 2. The normalized spacial score (nSPS) is 18.3. The van der Waals surface area contributed by atoms with Crippen molar-refractivity contribution in [2.45, 2.75) is 18.6 Å². The lowest BCUT2D eigenvalue weighted by atomic mass is 10.1. The van der Waals surface area contributed by atoms with Crippen LogP contribution in [0.5, 0.6) is 5.75 Å². The quantitative estimate of drug-likeness (QED) is 0.549. The van der Waals surface area contributed by atoms with Gasteiger partial charge < -0.3 is 10.1 Å². The summed E-state index contributed by atoms with van der Waals surface area (Å²) in [7, 11) is 0. The molecule has 1 unspecified atom stereocenters. The highest BCUT2D eigenvalue weighted by Crippen LogP contribution is 2.28. The van der Waals surface area contributed by atoms with E-state index in [1.165, 1.54) is 11.8 Å². The maximum Gasteiger partial charge on any atom is 0.239 e.